The van der Waals surface area contributed by atoms with Crippen molar-refractivity contribution in [2.45, 2.75) is 92.9 Å². The molecule has 8 amide bonds. The van der Waals surface area contributed by atoms with Crippen molar-refractivity contribution in [1.29, 1.82) is 0 Å². The second-order valence-corrected chi connectivity index (χ2v) is 27.5. The van der Waals surface area contributed by atoms with Crippen molar-refractivity contribution in [1.82, 2.24) is 69.6 Å². The maximum Gasteiger partial charge on any atom is 0.345 e. The number of amides is 8. The number of hydrogen-bond acceptors (Lipinski definition) is 16. The van der Waals surface area contributed by atoms with Crippen LogP contribution < -0.4 is 53.7 Å². The summed E-state index contributed by atoms with van der Waals surface area (Å²) in [6, 6.07) is 41.5. The summed E-state index contributed by atoms with van der Waals surface area (Å²) in [5, 5.41) is 21.7. The fraction of sp³-hybridized carbons (Fsp3) is 0.250. The van der Waals surface area contributed by atoms with Crippen LogP contribution in [0.15, 0.2) is 192 Å². The zero-order valence-electron chi connectivity index (χ0n) is 66.4. The molecule has 0 fully saturated rings. The van der Waals surface area contributed by atoms with Gasteiger partial charge in [-0.2, -0.15) is 0 Å². The molecule has 11 rings (SSSR count). The highest BCUT2D eigenvalue weighted by Gasteiger charge is 2.31. The lowest BCUT2D eigenvalue weighted by Crippen LogP contribution is -2.48. The molecule has 618 valence electrons. The van der Waals surface area contributed by atoms with Crippen molar-refractivity contribution in [3.05, 3.63) is 282 Å². The minimum Gasteiger partial charge on any atom is -0.462 e. The Balaban J connectivity index is 0.747. The van der Waals surface area contributed by atoms with Crippen molar-refractivity contribution in [2.75, 3.05) is 63.1 Å². The second kappa shape index (κ2) is 40.9. The molecule has 4 heterocycles. The number of imidazole rings is 2. The van der Waals surface area contributed by atoms with Gasteiger partial charge in [-0.3, -0.25) is 38.6 Å². The van der Waals surface area contributed by atoms with E-state index < -0.39 is 118 Å². The van der Waals surface area contributed by atoms with Crippen molar-refractivity contribution in [3.8, 4) is 46.2 Å². The van der Waals surface area contributed by atoms with Crippen molar-refractivity contribution in [3.63, 3.8) is 0 Å². The predicted molar refractivity (Wildman–Crippen MR) is 441 cm³/mol. The van der Waals surface area contributed by atoms with Crippen LogP contribution in [0.1, 0.15) is 107 Å². The standard InChI is InChI=1S/C88H86F4N16O12/c1-7-93-85(117)99-63-38-34-61(35-39-63)77-73(107-81(113)67(83(115)119-9-3)49-105(87(107)101-77)47-65-69(89)30-18-31-70(65)90)51-103(45-59-22-13-11-14-23-59)53-75(109)97-55(5)79(111)95-42-20-28-57-26-17-27-58(44-57)29-21-43-96-80(112)56(6)98-76(110)54-104(46-60-24-15-12-16-25-60)52-74-78(62-36-40-64(41-37-62)100-86(118)94-8-2)102-88-106(48-66-71(91)32-19-33-72(66)92)50-68(82(114)108(74)88)84(116)120-10-4/h11-19,22-27,30-41,44,49-50,55-56H,7-10,42-43,45-48,51-54H2,1-6H3,(H,95,111)(H,96,112)(H,97,109)(H,98,110)(H2,93,99,117)(H2,94,100,118)/t55-,56-/m0/s1. The van der Waals surface area contributed by atoms with Gasteiger partial charge in [0, 0.05) is 96.4 Å². The molecule has 0 unspecified atom stereocenters. The lowest BCUT2D eigenvalue weighted by molar-refractivity contribution is -0.129. The summed E-state index contributed by atoms with van der Waals surface area (Å²) in [5.41, 5.74) is 1.39. The van der Waals surface area contributed by atoms with E-state index in [9.17, 15) is 47.9 Å². The van der Waals surface area contributed by atoms with E-state index in [1.807, 2.05) is 36.4 Å². The van der Waals surface area contributed by atoms with E-state index in [-0.39, 0.29) is 111 Å². The molecular weight excluding hydrogens is 1550 g/mol. The van der Waals surface area contributed by atoms with Gasteiger partial charge in [-0.25, -0.2) is 55.5 Å². The first-order valence-electron chi connectivity index (χ1n) is 38.5. The van der Waals surface area contributed by atoms with Gasteiger partial charge >= 0.3 is 24.0 Å². The van der Waals surface area contributed by atoms with Crippen LogP contribution in [0.5, 0.6) is 0 Å². The van der Waals surface area contributed by atoms with Gasteiger partial charge in [0.1, 0.15) is 46.5 Å². The molecule has 0 spiro atoms. The number of benzene rings is 7. The third-order valence-electron chi connectivity index (χ3n) is 18.7. The molecule has 7 aromatic carbocycles. The minimum atomic E-state index is -1.10. The molecule has 0 radical (unpaired) electrons. The predicted octanol–water partition coefficient (Wildman–Crippen LogP) is 9.28. The van der Waals surface area contributed by atoms with Gasteiger partial charge in [-0.15, -0.1) is 0 Å². The highest BCUT2D eigenvalue weighted by atomic mass is 19.1. The second-order valence-electron chi connectivity index (χ2n) is 27.5. The van der Waals surface area contributed by atoms with Crippen LogP contribution in [0.3, 0.4) is 0 Å². The normalized spacial score (nSPS) is 11.5. The van der Waals surface area contributed by atoms with Gasteiger partial charge in [0.05, 0.1) is 75.3 Å². The number of esters is 2. The molecular formula is C88H86F4N16O12. The van der Waals surface area contributed by atoms with E-state index in [4.69, 9.17) is 19.4 Å². The number of anilines is 2. The molecule has 4 aromatic heterocycles. The number of carbonyl (C=O) groups excluding carboxylic acids is 8. The van der Waals surface area contributed by atoms with Crippen LogP contribution in [-0.4, -0.2) is 150 Å². The monoisotopic (exact) mass is 1630 g/mol. The third-order valence-corrected chi connectivity index (χ3v) is 18.7. The number of urea groups is 2. The van der Waals surface area contributed by atoms with Crippen LogP contribution >= 0.6 is 0 Å². The van der Waals surface area contributed by atoms with Gasteiger partial charge in [0.2, 0.25) is 35.2 Å². The smallest absolute Gasteiger partial charge is 0.345 e. The fourth-order valence-electron chi connectivity index (χ4n) is 13.0. The van der Waals surface area contributed by atoms with Crippen LogP contribution in [0.4, 0.5) is 38.5 Å². The van der Waals surface area contributed by atoms with E-state index >= 15 is 17.6 Å². The first-order valence-corrected chi connectivity index (χ1v) is 38.5. The van der Waals surface area contributed by atoms with Gasteiger partial charge in [0.25, 0.3) is 11.1 Å². The number of nitrogens with zero attached hydrogens (tertiary/aromatic N) is 8. The number of ether oxygens (including phenoxy) is 2. The van der Waals surface area contributed by atoms with E-state index in [1.54, 1.807) is 135 Å². The molecule has 8 N–H and O–H groups in total. The Hall–Kier alpha value is -14.5. The lowest BCUT2D eigenvalue weighted by Gasteiger charge is -2.23. The summed E-state index contributed by atoms with van der Waals surface area (Å²) in [6.45, 7) is 7.77. The van der Waals surface area contributed by atoms with Crippen LogP contribution in [0.25, 0.3) is 34.1 Å². The Bertz CT molecular complexity index is 5500. The number of aromatic nitrogens is 6. The fourth-order valence-corrected chi connectivity index (χ4v) is 13.0. The minimum absolute atomic E-state index is 0.0933. The molecule has 0 aliphatic heterocycles. The molecule has 11 aromatic rings. The third kappa shape index (κ3) is 22.2. The number of nitrogens with one attached hydrogen (secondary N) is 8. The van der Waals surface area contributed by atoms with Gasteiger partial charge in [-0.1, -0.05) is 127 Å². The molecule has 2 atom stereocenters. The van der Waals surface area contributed by atoms with E-state index in [1.165, 1.54) is 35.1 Å². The topological polar surface area (TPSA) is 336 Å². The maximum atomic E-state index is 15.4. The quantitative estimate of drug-likeness (QED) is 0.0111. The Morgan fingerprint density at radius 2 is 0.825 bits per heavy atom. The summed E-state index contributed by atoms with van der Waals surface area (Å²) in [5.74, 6) is 3.57. The van der Waals surface area contributed by atoms with Crippen LogP contribution in [0.2, 0.25) is 0 Å². The summed E-state index contributed by atoms with van der Waals surface area (Å²) in [4.78, 5) is 151. The lowest BCUT2D eigenvalue weighted by atomic mass is 10.1. The number of rotatable bonds is 32. The van der Waals surface area contributed by atoms with Gasteiger partial charge < -0.3 is 61.1 Å². The van der Waals surface area contributed by atoms with Gasteiger partial charge in [0.15, 0.2) is 0 Å². The van der Waals surface area contributed by atoms with E-state index in [0.717, 1.165) is 56.6 Å². The highest BCUT2D eigenvalue weighted by molar-refractivity contribution is 5.93. The van der Waals surface area contributed by atoms with Crippen molar-refractivity contribution in [2.24, 2.45) is 0 Å². The zero-order chi connectivity index (χ0) is 85.5. The summed E-state index contributed by atoms with van der Waals surface area (Å²) in [6.07, 6.45) is 2.27. The van der Waals surface area contributed by atoms with E-state index in [2.05, 4.69) is 66.2 Å². The number of hydrogen-bond donors (Lipinski definition) is 8. The maximum absolute atomic E-state index is 15.4. The molecule has 0 bridgehead atoms. The van der Waals surface area contributed by atoms with Crippen LogP contribution in [-0.2, 0) is 67.9 Å². The molecule has 0 aliphatic rings. The summed E-state index contributed by atoms with van der Waals surface area (Å²) < 4.78 is 77.1. The summed E-state index contributed by atoms with van der Waals surface area (Å²) >= 11 is 0. The zero-order valence-corrected chi connectivity index (χ0v) is 66.4. The first kappa shape index (κ1) is 86.4. The number of carbonyl (C=O) groups is 8. The number of fused-ring (bicyclic) bond motifs is 2. The van der Waals surface area contributed by atoms with Crippen LogP contribution in [0, 0.1) is 47.0 Å². The average Bonchev–Trinajstić information content (AvgIpc) is 1.59. The molecule has 28 nitrogen and oxygen atoms in total. The first-order chi connectivity index (χ1) is 57.9. The molecule has 32 heteroatoms. The number of halogens is 4. The Labute approximate surface area is 686 Å². The van der Waals surface area contributed by atoms with Gasteiger partial charge in [-0.05, 0) is 119 Å². The Kier molecular flexibility index (Phi) is 29.4. The molecule has 120 heavy (non-hydrogen) atoms. The highest BCUT2D eigenvalue weighted by Crippen LogP contribution is 2.31. The largest absolute Gasteiger partial charge is 0.462 e. The molecule has 0 saturated carbocycles. The summed E-state index contributed by atoms with van der Waals surface area (Å²) in [7, 11) is 0. The Morgan fingerprint density at radius 1 is 0.458 bits per heavy atom. The Morgan fingerprint density at radius 3 is 1.18 bits per heavy atom. The average molecular weight is 1640 g/mol. The molecule has 0 aliphatic carbocycles. The van der Waals surface area contributed by atoms with E-state index in [0.29, 0.717) is 46.7 Å². The SMILES string of the molecule is CCNC(=O)Nc1ccc(-c2nc3n(Cc4c(F)cccc4F)cc(C(=O)OCC)c(=O)n3c2CN(CC(=O)N[C@@H](C)C(=O)NCC#Cc2cccc(C#CCNC(=O)[C@H](C)NC(=O)CN(Cc3ccccc3)Cc3c(-c4ccc(NC(=O)NCC)cc4)nc4n(Cc5c(F)cccc5F)cc(C(=O)OCC)c(=O)n34)c2)Cc2ccccc2)cc1. The molecule has 0 saturated heterocycles. The van der Waals surface area contributed by atoms with Crippen molar-refractivity contribution < 1.29 is 65.4 Å². The van der Waals surface area contributed by atoms with Crippen molar-refractivity contribution >= 4 is 70.6 Å².